The highest BCUT2D eigenvalue weighted by atomic mass is 16.2. The molecule has 0 aliphatic carbocycles. The monoisotopic (exact) mass is 416 g/mol. The van der Waals surface area contributed by atoms with Gasteiger partial charge in [0.05, 0.1) is 17.1 Å². The first-order chi connectivity index (χ1) is 14.9. The van der Waals surface area contributed by atoms with Gasteiger partial charge in [0.2, 0.25) is 0 Å². The van der Waals surface area contributed by atoms with Crippen LogP contribution in [-0.2, 0) is 6.54 Å². The molecule has 4 rings (SSSR count). The summed E-state index contributed by atoms with van der Waals surface area (Å²) in [5, 5.41) is 12.6. The molecule has 0 aliphatic rings. The molecular formula is C23H24N6O2. The van der Waals surface area contributed by atoms with Gasteiger partial charge in [0.15, 0.2) is 5.69 Å². The van der Waals surface area contributed by atoms with Crippen LogP contribution in [0.2, 0.25) is 0 Å². The van der Waals surface area contributed by atoms with Gasteiger partial charge in [0.25, 0.3) is 11.5 Å². The number of nitrogens with zero attached hydrogens (tertiary/aromatic N) is 5. The van der Waals surface area contributed by atoms with E-state index < -0.39 is 0 Å². The third-order valence-electron chi connectivity index (χ3n) is 5.04. The van der Waals surface area contributed by atoms with Gasteiger partial charge in [0.1, 0.15) is 12.7 Å². The van der Waals surface area contributed by atoms with E-state index in [1.165, 1.54) is 11.0 Å². The molecule has 4 aromatic rings. The third-order valence-corrected chi connectivity index (χ3v) is 5.04. The molecule has 0 spiro atoms. The third kappa shape index (κ3) is 4.23. The van der Waals surface area contributed by atoms with Gasteiger partial charge in [-0.15, -0.1) is 0 Å². The first kappa shape index (κ1) is 20.5. The standard InChI is InChI=1S/C23H24N6O2/c1-15(2)12-28-23(31)20-7-5-4-6-19(20)21(27-28)22(30)26-16(3)17-8-10-18(11-9-17)29-14-24-13-25-29/h4-11,13-16H,12H2,1-3H3,(H,26,30). The molecule has 0 aliphatic heterocycles. The second-order valence-electron chi connectivity index (χ2n) is 7.90. The van der Waals surface area contributed by atoms with Crippen molar-refractivity contribution in [2.75, 3.05) is 0 Å². The quantitative estimate of drug-likeness (QED) is 0.521. The molecule has 0 fully saturated rings. The molecule has 2 heterocycles. The SMILES string of the molecule is CC(C)Cn1nc(C(=O)NC(C)c2ccc(-n3cncn3)cc2)c2ccccc2c1=O. The Kier molecular flexibility index (Phi) is 5.62. The van der Waals surface area contributed by atoms with Crippen LogP contribution >= 0.6 is 0 Å². The van der Waals surface area contributed by atoms with Crippen LogP contribution in [0.25, 0.3) is 16.5 Å². The van der Waals surface area contributed by atoms with Crippen LogP contribution in [0.15, 0.2) is 66.0 Å². The van der Waals surface area contributed by atoms with Crippen molar-refractivity contribution in [2.24, 2.45) is 5.92 Å². The predicted molar refractivity (Wildman–Crippen MR) is 118 cm³/mol. The number of aromatic nitrogens is 5. The van der Waals surface area contributed by atoms with Crippen molar-refractivity contribution in [3.8, 4) is 5.69 Å². The topological polar surface area (TPSA) is 94.7 Å². The molecule has 2 aromatic carbocycles. The molecule has 0 saturated carbocycles. The Morgan fingerprint density at radius 1 is 1.03 bits per heavy atom. The van der Waals surface area contributed by atoms with Crippen molar-refractivity contribution < 1.29 is 4.79 Å². The fourth-order valence-corrected chi connectivity index (χ4v) is 3.48. The van der Waals surface area contributed by atoms with Crippen molar-refractivity contribution in [1.82, 2.24) is 29.9 Å². The summed E-state index contributed by atoms with van der Waals surface area (Å²) >= 11 is 0. The minimum Gasteiger partial charge on any atom is -0.344 e. The fraction of sp³-hybridized carbons (Fsp3) is 0.261. The summed E-state index contributed by atoms with van der Waals surface area (Å²) in [7, 11) is 0. The summed E-state index contributed by atoms with van der Waals surface area (Å²) in [6, 6.07) is 14.6. The smallest absolute Gasteiger partial charge is 0.274 e. The second-order valence-corrected chi connectivity index (χ2v) is 7.90. The fourth-order valence-electron chi connectivity index (χ4n) is 3.48. The zero-order valence-corrected chi connectivity index (χ0v) is 17.7. The molecule has 31 heavy (non-hydrogen) atoms. The van der Waals surface area contributed by atoms with Gasteiger partial charge < -0.3 is 5.32 Å². The van der Waals surface area contributed by atoms with E-state index in [0.717, 1.165) is 11.3 Å². The molecule has 8 nitrogen and oxygen atoms in total. The lowest BCUT2D eigenvalue weighted by atomic mass is 10.1. The normalized spacial score (nSPS) is 12.3. The maximum atomic E-state index is 13.1. The van der Waals surface area contributed by atoms with E-state index in [9.17, 15) is 9.59 Å². The average molecular weight is 416 g/mol. The Balaban J connectivity index is 1.62. The van der Waals surface area contributed by atoms with Crippen molar-refractivity contribution in [3.63, 3.8) is 0 Å². The largest absolute Gasteiger partial charge is 0.344 e. The highest BCUT2D eigenvalue weighted by Gasteiger charge is 2.19. The van der Waals surface area contributed by atoms with Crippen molar-refractivity contribution in [3.05, 3.63) is 82.8 Å². The number of hydrogen-bond acceptors (Lipinski definition) is 5. The number of fused-ring (bicyclic) bond motifs is 1. The van der Waals surface area contributed by atoms with E-state index in [0.29, 0.717) is 17.3 Å². The van der Waals surface area contributed by atoms with Crippen LogP contribution in [0.1, 0.15) is 42.9 Å². The van der Waals surface area contributed by atoms with Gasteiger partial charge in [-0.2, -0.15) is 10.2 Å². The van der Waals surface area contributed by atoms with E-state index in [-0.39, 0.29) is 29.1 Å². The highest BCUT2D eigenvalue weighted by Crippen LogP contribution is 2.18. The summed E-state index contributed by atoms with van der Waals surface area (Å²) in [5.74, 6) is -0.0914. The van der Waals surface area contributed by atoms with Gasteiger partial charge >= 0.3 is 0 Å². The van der Waals surface area contributed by atoms with Gasteiger partial charge in [-0.25, -0.2) is 14.3 Å². The van der Waals surface area contributed by atoms with Crippen LogP contribution in [0.3, 0.4) is 0 Å². The van der Waals surface area contributed by atoms with Gasteiger partial charge in [0, 0.05) is 11.9 Å². The number of nitrogens with one attached hydrogen (secondary N) is 1. The van der Waals surface area contributed by atoms with Crippen LogP contribution in [0.4, 0.5) is 0 Å². The molecule has 0 bridgehead atoms. The average Bonchev–Trinajstić information content (AvgIpc) is 3.30. The Morgan fingerprint density at radius 2 is 1.74 bits per heavy atom. The predicted octanol–water partition coefficient (Wildman–Crippen LogP) is 3.12. The first-order valence-corrected chi connectivity index (χ1v) is 10.2. The second kappa shape index (κ2) is 8.51. The zero-order chi connectivity index (χ0) is 22.0. The Hall–Kier alpha value is -3.81. The van der Waals surface area contributed by atoms with Crippen molar-refractivity contribution >= 4 is 16.7 Å². The maximum Gasteiger partial charge on any atom is 0.274 e. The molecule has 8 heteroatoms. The number of benzene rings is 2. The number of rotatable bonds is 6. The Labute approximate surface area is 179 Å². The molecule has 2 aromatic heterocycles. The van der Waals surface area contributed by atoms with Gasteiger partial charge in [-0.3, -0.25) is 9.59 Å². The summed E-state index contributed by atoms with van der Waals surface area (Å²) < 4.78 is 3.06. The van der Waals surface area contributed by atoms with E-state index in [2.05, 4.69) is 20.5 Å². The molecule has 0 saturated heterocycles. The van der Waals surface area contributed by atoms with E-state index in [1.807, 2.05) is 45.0 Å². The zero-order valence-electron chi connectivity index (χ0n) is 17.7. The number of carbonyl (C=O) groups excluding carboxylic acids is 1. The molecule has 158 valence electrons. The first-order valence-electron chi connectivity index (χ1n) is 10.2. The van der Waals surface area contributed by atoms with Crippen molar-refractivity contribution in [2.45, 2.75) is 33.4 Å². The van der Waals surface area contributed by atoms with Gasteiger partial charge in [-0.05, 0) is 36.6 Å². The number of carbonyl (C=O) groups is 1. The van der Waals surface area contributed by atoms with Crippen LogP contribution in [0, 0.1) is 5.92 Å². The van der Waals surface area contributed by atoms with Gasteiger partial charge in [-0.1, -0.05) is 44.2 Å². The maximum absolute atomic E-state index is 13.1. The van der Waals surface area contributed by atoms with E-state index in [4.69, 9.17) is 0 Å². The Bertz CT molecular complexity index is 1260. The van der Waals surface area contributed by atoms with Crippen molar-refractivity contribution in [1.29, 1.82) is 0 Å². The molecule has 0 radical (unpaired) electrons. The van der Waals surface area contributed by atoms with E-state index >= 15 is 0 Å². The molecule has 1 atom stereocenters. The number of amides is 1. The summed E-state index contributed by atoms with van der Waals surface area (Å²) in [6.45, 7) is 6.38. The molecule has 1 unspecified atom stereocenters. The summed E-state index contributed by atoms with van der Waals surface area (Å²) in [6.07, 6.45) is 3.11. The molecular weight excluding hydrogens is 392 g/mol. The lowest BCUT2D eigenvalue weighted by molar-refractivity contribution is 0.0934. The Morgan fingerprint density at radius 3 is 2.39 bits per heavy atom. The van der Waals surface area contributed by atoms with Crippen LogP contribution < -0.4 is 10.9 Å². The lowest BCUT2D eigenvalue weighted by Gasteiger charge is -2.17. The molecule has 1 amide bonds. The summed E-state index contributed by atoms with van der Waals surface area (Å²) in [5.41, 5.74) is 1.89. The minimum absolute atomic E-state index is 0.183. The highest BCUT2D eigenvalue weighted by molar-refractivity contribution is 6.04. The van der Waals surface area contributed by atoms with Crippen LogP contribution in [0.5, 0.6) is 0 Å². The summed E-state index contributed by atoms with van der Waals surface area (Å²) in [4.78, 5) is 29.9. The minimum atomic E-state index is -0.318. The number of hydrogen-bond donors (Lipinski definition) is 1. The molecule has 1 N–H and O–H groups in total. The lowest BCUT2D eigenvalue weighted by Crippen LogP contribution is -2.32. The van der Waals surface area contributed by atoms with E-state index in [1.54, 1.807) is 35.3 Å². The van der Waals surface area contributed by atoms with Crippen LogP contribution in [-0.4, -0.2) is 30.5 Å².